The summed E-state index contributed by atoms with van der Waals surface area (Å²) >= 11 is 0. The molecule has 1 aliphatic carbocycles. The molecule has 0 unspecified atom stereocenters. The zero-order valence-electron chi connectivity index (χ0n) is 12.0. The number of anilines is 1. The first-order valence-electron chi connectivity index (χ1n) is 7.21. The standard InChI is InChI=1S/C16H14N4O2/c1-9-14-11(15(21)19-13-4-2-3-7-17-13)8-12(10-5-6-10)18-16(14)22-20-9/h2-4,7-8,10H,5-6H2,1H3,(H,17,19,21). The molecule has 22 heavy (non-hydrogen) atoms. The van der Waals surface area contributed by atoms with Crippen LogP contribution in [0.25, 0.3) is 11.1 Å². The number of aryl methyl sites for hydroxylation is 1. The van der Waals surface area contributed by atoms with Crippen molar-refractivity contribution in [2.75, 3.05) is 5.32 Å². The number of hydrogen-bond acceptors (Lipinski definition) is 5. The number of carbonyl (C=O) groups excluding carboxylic acids is 1. The summed E-state index contributed by atoms with van der Waals surface area (Å²) in [5.74, 6) is 0.718. The van der Waals surface area contributed by atoms with E-state index < -0.39 is 0 Å². The average molecular weight is 294 g/mol. The highest BCUT2D eigenvalue weighted by atomic mass is 16.5. The van der Waals surface area contributed by atoms with Crippen molar-refractivity contribution in [2.45, 2.75) is 25.7 Å². The SMILES string of the molecule is Cc1noc2nc(C3CC3)cc(C(=O)Nc3ccccn3)c12. The molecule has 3 heterocycles. The van der Waals surface area contributed by atoms with Gasteiger partial charge >= 0.3 is 0 Å². The van der Waals surface area contributed by atoms with Crippen molar-refractivity contribution in [3.05, 3.63) is 47.4 Å². The lowest BCUT2D eigenvalue weighted by Gasteiger charge is -2.07. The lowest BCUT2D eigenvalue weighted by molar-refractivity contribution is 0.102. The molecule has 0 spiro atoms. The molecule has 6 heteroatoms. The largest absolute Gasteiger partial charge is 0.336 e. The highest BCUT2D eigenvalue weighted by molar-refractivity contribution is 6.12. The van der Waals surface area contributed by atoms with E-state index in [9.17, 15) is 4.79 Å². The Balaban J connectivity index is 1.78. The van der Waals surface area contributed by atoms with Gasteiger partial charge in [-0.25, -0.2) is 9.97 Å². The molecule has 0 aliphatic heterocycles. The molecule has 0 bridgehead atoms. The first kappa shape index (κ1) is 12.9. The molecule has 6 nitrogen and oxygen atoms in total. The molecule has 1 fully saturated rings. The van der Waals surface area contributed by atoms with E-state index in [1.54, 1.807) is 18.3 Å². The van der Waals surface area contributed by atoms with Crippen LogP contribution in [0.3, 0.4) is 0 Å². The molecule has 1 amide bonds. The van der Waals surface area contributed by atoms with E-state index in [0.717, 1.165) is 18.5 Å². The van der Waals surface area contributed by atoms with Crippen LogP contribution in [0.5, 0.6) is 0 Å². The third-order valence-corrected chi connectivity index (χ3v) is 3.78. The molecular formula is C16H14N4O2. The molecule has 1 aliphatic rings. The Hall–Kier alpha value is -2.76. The maximum absolute atomic E-state index is 12.6. The van der Waals surface area contributed by atoms with Crippen LogP contribution in [-0.4, -0.2) is 21.0 Å². The third kappa shape index (κ3) is 2.22. The minimum Gasteiger partial charge on any atom is -0.336 e. The van der Waals surface area contributed by atoms with Crippen LogP contribution < -0.4 is 5.32 Å². The number of nitrogens with one attached hydrogen (secondary N) is 1. The maximum atomic E-state index is 12.6. The van der Waals surface area contributed by atoms with Crippen molar-refractivity contribution in [1.29, 1.82) is 0 Å². The zero-order chi connectivity index (χ0) is 15.1. The van der Waals surface area contributed by atoms with Gasteiger partial charge in [0.1, 0.15) is 5.82 Å². The second-order valence-corrected chi connectivity index (χ2v) is 5.49. The molecular weight excluding hydrogens is 280 g/mol. The lowest BCUT2D eigenvalue weighted by atomic mass is 10.1. The second-order valence-electron chi connectivity index (χ2n) is 5.49. The van der Waals surface area contributed by atoms with Gasteiger partial charge in [-0.2, -0.15) is 0 Å². The fraction of sp³-hybridized carbons (Fsp3) is 0.250. The summed E-state index contributed by atoms with van der Waals surface area (Å²) in [4.78, 5) is 21.2. The molecule has 0 saturated heterocycles. The fourth-order valence-electron chi connectivity index (χ4n) is 2.50. The van der Waals surface area contributed by atoms with Gasteiger partial charge in [0.2, 0.25) is 0 Å². The topological polar surface area (TPSA) is 80.9 Å². The second kappa shape index (κ2) is 4.91. The van der Waals surface area contributed by atoms with E-state index in [0.29, 0.717) is 34.1 Å². The smallest absolute Gasteiger partial charge is 0.259 e. The summed E-state index contributed by atoms with van der Waals surface area (Å²) in [5, 5.41) is 7.40. The number of nitrogens with zero attached hydrogens (tertiary/aromatic N) is 3. The van der Waals surface area contributed by atoms with E-state index in [-0.39, 0.29) is 5.91 Å². The number of hydrogen-bond donors (Lipinski definition) is 1. The zero-order valence-corrected chi connectivity index (χ0v) is 12.0. The van der Waals surface area contributed by atoms with Gasteiger partial charge in [-0.3, -0.25) is 4.79 Å². The van der Waals surface area contributed by atoms with E-state index in [1.165, 1.54) is 0 Å². The van der Waals surface area contributed by atoms with Gasteiger partial charge in [0.25, 0.3) is 11.6 Å². The molecule has 1 N–H and O–H groups in total. The normalized spacial score (nSPS) is 14.2. The number of pyridine rings is 2. The number of amides is 1. The van der Waals surface area contributed by atoms with Gasteiger partial charge in [0, 0.05) is 17.8 Å². The van der Waals surface area contributed by atoms with Crippen LogP contribution >= 0.6 is 0 Å². The molecule has 4 rings (SSSR count). The summed E-state index contributed by atoms with van der Waals surface area (Å²) < 4.78 is 5.25. The van der Waals surface area contributed by atoms with Crippen LogP contribution in [0.4, 0.5) is 5.82 Å². The Morgan fingerprint density at radius 1 is 1.36 bits per heavy atom. The molecule has 3 aromatic heterocycles. The molecule has 110 valence electrons. The van der Waals surface area contributed by atoms with Crippen LogP contribution in [0, 0.1) is 6.92 Å². The van der Waals surface area contributed by atoms with E-state index in [1.807, 2.05) is 19.1 Å². The van der Waals surface area contributed by atoms with Crippen molar-refractivity contribution < 1.29 is 9.32 Å². The number of carbonyl (C=O) groups is 1. The van der Waals surface area contributed by atoms with E-state index in [2.05, 4.69) is 20.4 Å². The highest BCUT2D eigenvalue weighted by Gasteiger charge is 2.28. The van der Waals surface area contributed by atoms with Crippen LogP contribution in [0.2, 0.25) is 0 Å². The Morgan fingerprint density at radius 3 is 2.95 bits per heavy atom. The molecule has 3 aromatic rings. The van der Waals surface area contributed by atoms with Gasteiger partial charge in [-0.05, 0) is 38.0 Å². The highest BCUT2D eigenvalue weighted by Crippen LogP contribution is 2.40. The van der Waals surface area contributed by atoms with Crippen molar-refractivity contribution in [1.82, 2.24) is 15.1 Å². The Kier molecular flexibility index (Phi) is 2.89. The maximum Gasteiger partial charge on any atom is 0.259 e. The predicted octanol–water partition coefficient (Wildman–Crippen LogP) is 3.06. The van der Waals surface area contributed by atoms with Crippen molar-refractivity contribution in [3.63, 3.8) is 0 Å². The fourth-order valence-corrected chi connectivity index (χ4v) is 2.50. The summed E-state index contributed by atoms with van der Waals surface area (Å²) in [6.45, 7) is 1.81. The summed E-state index contributed by atoms with van der Waals surface area (Å²) in [6, 6.07) is 7.22. The van der Waals surface area contributed by atoms with Crippen LogP contribution in [0.15, 0.2) is 35.0 Å². The van der Waals surface area contributed by atoms with E-state index >= 15 is 0 Å². The number of rotatable bonds is 3. The van der Waals surface area contributed by atoms with Gasteiger partial charge in [-0.15, -0.1) is 0 Å². The minimum absolute atomic E-state index is 0.223. The third-order valence-electron chi connectivity index (χ3n) is 3.78. The van der Waals surface area contributed by atoms with Crippen LogP contribution in [-0.2, 0) is 0 Å². The predicted molar refractivity (Wildman–Crippen MR) is 80.7 cm³/mol. The van der Waals surface area contributed by atoms with Crippen molar-refractivity contribution in [3.8, 4) is 0 Å². The quantitative estimate of drug-likeness (QED) is 0.803. The average Bonchev–Trinajstić information content (AvgIpc) is 3.32. The summed E-state index contributed by atoms with van der Waals surface area (Å²) in [6.07, 6.45) is 3.85. The molecule has 0 atom stereocenters. The molecule has 1 saturated carbocycles. The lowest BCUT2D eigenvalue weighted by Crippen LogP contribution is -2.14. The Morgan fingerprint density at radius 2 is 2.23 bits per heavy atom. The summed E-state index contributed by atoms with van der Waals surface area (Å²) in [7, 11) is 0. The minimum atomic E-state index is -0.223. The Labute approximate surface area is 126 Å². The van der Waals surface area contributed by atoms with Gasteiger partial charge < -0.3 is 9.84 Å². The van der Waals surface area contributed by atoms with Crippen LogP contribution in [0.1, 0.15) is 40.5 Å². The van der Waals surface area contributed by atoms with Gasteiger partial charge in [0.15, 0.2) is 0 Å². The van der Waals surface area contributed by atoms with Gasteiger partial charge in [0.05, 0.1) is 16.6 Å². The molecule has 0 aromatic carbocycles. The van der Waals surface area contributed by atoms with E-state index in [4.69, 9.17) is 4.52 Å². The van der Waals surface area contributed by atoms with Crippen molar-refractivity contribution >= 4 is 22.8 Å². The summed E-state index contributed by atoms with van der Waals surface area (Å²) in [5.41, 5.74) is 2.52. The Bertz CT molecular complexity index is 853. The van der Waals surface area contributed by atoms with Crippen molar-refractivity contribution in [2.24, 2.45) is 0 Å². The number of fused-ring (bicyclic) bond motifs is 1. The molecule has 0 radical (unpaired) electrons. The first-order chi connectivity index (χ1) is 10.7. The first-order valence-corrected chi connectivity index (χ1v) is 7.21. The number of aromatic nitrogens is 3. The monoisotopic (exact) mass is 294 g/mol. The van der Waals surface area contributed by atoms with Gasteiger partial charge in [-0.1, -0.05) is 11.2 Å².